The van der Waals surface area contributed by atoms with Gasteiger partial charge in [-0.2, -0.15) is 16.8 Å². The Morgan fingerprint density at radius 2 is 1.86 bits per heavy atom. The molecule has 1 atom stereocenters. The second kappa shape index (κ2) is 4.93. The zero-order chi connectivity index (χ0) is 16.0. The summed E-state index contributed by atoms with van der Waals surface area (Å²) in [6.07, 6.45) is -0.617. The van der Waals surface area contributed by atoms with Gasteiger partial charge in [0.25, 0.3) is 10.1 Å². The molecule has 1 aromatic rings. The predicted molar refractivity (Wildman–Crippen MR) is 68.7 cm³/mol. The number of amides is 1. The fourth-order valence-corrected chi connectivity index (χ4v) is 3.15. The van der Waals surface area contributed by atoms with E-state index < -0.39 is 55.1 Å². The van der Waals surface area contributed by atoms with Crippen molar-refractivity contribution in [3.05, 3.63) is 18.2 Å². The molecule has 0 bridgehead atoms. The highest BCUT2D eigenvalue weighted by molar-refractivity contribution is 7.87. The summed E-state index contributed by atoms with van der Waals surface area (Å²) >= 11 is 0. The molecule has 1 aliphatic heterocycles. The van der Waals surface area contributed by atoms with Crippen molar-refractivity contribution in [1.29, 1.82) is 0 Å². The van der Waals surface area contributed by atoms with Gasteiger partial charge in [0, 0.05) is 13.0 Å². The summed E-state index contributed by atoms with van der Waals surface area (Å²) in [5.74, 6) is -1.29. The van der Waals surface area contributed by atoms with Crippen LogP contribution >= 0.6 is 0 Å². The highest BCUT2D eigenvalue weighted by Gasteiger charge is 2.40. The van der Waals surface area contributed by atoms with Crippen LogP contribution in [0.25, 0.3) is 0 Å². The molecule has 1 fully saturated rings. The van der Waals surface area contributed by atoms with Crippen molar-refractivity contribution >= 4 is 31.9 Å². The van der Waals surface area contributed by atoms with Crippen LogP contribution in [-0.2, 0) is 25.1 Å². The Balaban J connectivity index is 2.46. The number of phenols is 1. The van der Waals surface area contributed by atoms with E-state index in [2.05, 4.69) is 0 Å². The molecule has 2 rings (SSSR count). The lowest BCUT2D eigenvalue weighted by Crippen LogP contribution is -2.27. The molecule has 21 heavy (non-hydrogen) atoms. The molecule has 2 N–H and O–H groups in total. The van der Waals surface area contributed by atoms with Crippen molar-refractivity contribution < 1.29 is 35.2 Å². The number of halogens is 1. The average molecular weight is 339 g/mol. The molecule has 0 radical (unpaired) electrons. The number of anilines is 1. The molecule has 0 spiro atoms. The standard InChI is InChI=1S/C10H10FNO7S2/c11-20(15,16)7-4-10(14)12(5-7)8-3-6(21(17,18)19)1-2-9(8)13/h1-3,7,13H,4-5H2,(H,17,18,19). The van der Waals surface area contributed by atoms with Gasteiger partial charge in [-0.05, 0) is 18.2 Å². The van der Waals surface area contributed by atoms with Gasteiger partial charge in [0.05, 0.1) is 10.6 Å². The predicted octanol–water partition coefficient (Wildman–Crippen LogP) is 0.0435. The topological polar surface area (TPSA) is 129 Å². The first-order valence-electron chi connectivity index (χ1n) is 5.54. The fraction of sp³-hybridized carbons (Fsp3) is 0.300. The molecule has 1 unspecified atom stereocenters. The third kappa shape index (κ3) is 3.14. The number of phenolic OH excluding ortho intramolecular Hbond substituents is 1. The van der Waals surface area contributed by atoms with Crippen molar-refractivity contribution in [2.24, 2.45) is 0 Å². The van der Waals surface area contributed by atoms with Gasteiger partial charge >= 0.3 is 10.2 Å². The van der Waals surface area contributed by atoms with Crippen LogP contribution < -0.4 is 4.90 Å². The minimum absolute atomic E-state index is 0.318. The summed E-state index contributed by atoms with van der Waals surface area (Å²) in [4.78, 5) is 11.9. The molecule has 0 aliphatic carbocycles. The summed E-state index contributed by atoms with van der Waals surface area (Å²) in [5, 5.41) is 8.07. The number of benzene rings is 1. The minimum Gasteiger partial charge on any atom is -0.506 e. The van der Waals surface area contributed by atoms with Gasteiger partial charge in [0.2, 0.25) is 5.91 Å². The maximum atomic E-state index is 12.9. The first-order chi connectivity index (χ1) is 9.50. The number of rotatable bonds is 3. The van der Waals surface area contributed by atoms with Gasteiger partial charge in [-0.15, -0.1) is 3.89 Å². The lowest BCUT2D eigenvalue weighted by atomic mass is 10.2. The second-order valence-electron chi connectivity index (χ2n) is 4.43. The van der Waals surface area contributed by atoms with E-state index in [0.717, 1.165) is 23.1 Å². The Kier molecular flexibility index (Phi) is 3.68. The SMILES string of the molecule is O=C1CC(S(=O)(=O)F)CN1c1cc(S(=O)(=O)O)ccc1O. The van der Waals surface area contributed by atoms with Crippen LogP contribution in [0.15, 0.2) is 23.1 Å². The lowest BCUT2D eigenvalue weighted by molar-refractivity contribution is -0.117. The molecular formula is C10H10FNO7S2. The van der Waals surface area contributed by atoms with E-state index in [0.29, 0.717) is 0 Å². The zero-order valence-electron chi connectivity index (χ0n) is 10.3. The van der Waals surface area contributed by atoms with Crippen molar-refractivity contribution in [1.82, 2.24) is 0 Å². The largest absolute Gasteiger partial charge is 0.506 e. The summed E-state index contributed by atoms with van der Waals surface area (Å²) < 4.78 is 65.6. The Morgan fingerprint density at radius 1 is 1.24 bits per heavy atom. The first kappa shape index (κ1) is 15.7. The fourth-order valence-electron chi connectivity index (χ4n) is 1.98. The van der Waals surface area contributed by atoms with E-state index in [-0.39, 0.29) is 5.69 Å². The van der Waals surface area contributed by atoms with Crippen LogP contribution in [-0.4, -0.2) is 44.2 Å². The van der Waals surface area contributed by atoms with Crippen molar-refractivity contribution in [3.8, 4) is 5.75 Å². The molecule has 11 heteroatoms. The lowest BCUT2D eigenvalue weighted by Gasteiger charge is -2.18. The second-order valence-corrected chi connectivity index (χ2v) is 7.47. The monoisotopic (exact) mass is 339 g/mol. The molecule has 0 aromatic heterocycles. The Morgan fingerprint density at radius 3 is 2.33 bits per heavy atom. The molecular weight excluding hydrogens is 329 g/mol. The van der Waals surface area contributed by atoms with E-state index in [1.165, 1.54) is 0 Å². The van der Waals surface area contributed by atoms with Crippen LogP contribution in [0.3, 0.4) is 0 Å². The van der Waals surface area contributed by atoms with Gasteiger partial charge in [-0.1, -0.05) is 0 Å². The van der Waals surface area contributed by atoms with E-state index in [4.69, 9.17) is 4.55 Å². The third-order valence-corrected chi connectivity index (χ3v) is 4.98. The molecule has 1 heterocycles. The van der Waals surface area contributed by atoms with Crippen molar-refractivity contribution in [2.75, 3.05) is 11.4 Å². The molecule has 8 nitrogen and oxygen atoms in total. The zero-order valence-corrected chi connectivity index (χ0v) is 11.9. The van der Waals surface area contributed by atoms with Gasteiger partial charge in [-0.3, -0.25) is 9.35 Å². The number of nitrogens with zero attached hydrogens (tertiary/aromatic N) is 1. The normalized spacial score (nSPS) is 20.0. The number of hydrogen-bond acceptors (Lipinski definition) is 6. The molecule has 1 amide bonds. The van der Waals surface area contributed by atoms with Crippen LogP contribution in [0.5, 0.6) is 5.75 Å². The highest BCUT2D eigenvalue weighted by Crippen LogP contribution is 2.34. The molecule has 0 saturated carbocycles. The summed E-state index contributed by atoms with van der Waals surface area (Å²) in [6.45, 7) is -0.555. The smallest absolute Gasteiger partial charge is 0.307 e. The maximum absolute atomic E-state index is 12.9. The average Bonchev–Trinajstić information content (AvgIpc) is 2.70. The first-order valence-corrected chi connectivity index (χ1v) is 8.43. The Hall–Kier alpha value is -1.72. The van der Waals surface area contributed by atoms with Crippen LogP contribution in [0.2, 0.25) is 0 Å². The Bertz CT molecular complexity index is 803. The number of hydrogen-bond donors (Lipinski definition) is 2. The van der Waals surface area contributed by atoms with Gasteiger partial charge in [-0.25, -0.2) is 0 Å². The van der Waals surface area contributed by atoms with E-state index in [1.54, 1.807) is 0 Å². The quantitative estimate of drug-likeness (QED) is 0.587. The number of carbonyl (C=O) groups is 1. The number of aromatic hydroxyl groups is 1. The third-order valence-electron chi connectivity index (χ3n) is 3.02. The van der Waals surface area contributed by atoms with Crippen LogP contribution in [0.4, 0.5) is 9.57 Å². The highest BCUT2D eigenvalue weighted by atomic mass is 32.3. The molecule has 1 aliphatic rings. The van der Waals surface area contributed by atoms with E-state index in [1.807, 2.05) is 0 Å². The summed E-state index contributed by atoms with van der Waals surface area (Å²) in [5.41, 5.74) is -0.318. The number of carbonyl (C=O) groups excluding carboxylic acids is 1. The van der Waals surface area contributed by atoms with Gasteiger partial charge < -0.3 is 10.0 Å². The maximum Gasteiger partial charge on any atom is 0.307 e. The molecule has 116 valence electrons. The van der Waals surface area contributed by atoms with Crippen LogP contribution in [0.1, 0.15) is 6.42 Å². The van der Waals surface area contributed by atoms with Crippen molar-refractivity contribution in [3.63, 3.8) is 0 Å². The summed E-state index contributed by atoms with van der Waals surface area (Å²) in [7, 11) is -9.51. The molecule has 1 saturated heterocycles. The summed E-state index contributed by atoms with van der Waals surface area (Å²) in [6, 6.07) is 2.62. The van der Waals surface area contributed by atoms with Gasteiger partial charge in [0.15, 0.2) is 0 Å². The van der Waals surface area contributed by atoms with Gasteiger partial charge in [0.1, 0.15) is 11.0 Å². The minimum atomic E-state index is -4.94. The van der Waals surface area contributed by atoms with Crippen LogP contribution in [0, 0.1) is 0 Å². The van der Waals surface area contributed by atoms with E-state index >= 15 is 0 Å². The molecule has 1 aromatic carbocycles. The van der Waals surface area contributed by atoms with Crippen molar-refractivity contribution in [2.45, 2.75) is 16.6 Å². The Labute approximate surface area is 119 Å². The van der Waals surface area contributed by atoms with E-state index in [9.17, 15) is 30.6 Å².